The average molecular weight is 461 g/mol. The molecule has 2 amide bonds. The number of H-pyrrole nitrogens is 1. The number of thioether (sulfide) groups is 1. The van der Waals surface area contributed by atoms with Crippen molar-refractivity contribution in [3.8, 4) is 0 Å². The molecule has 7 nitrogen and oxygen atoms in total. The Morgan fingerprint density at radius 1 is 1.06 bits per heavy atom. The van der Waals surface area contributed by atoms with Gasteiger partial charge in [0.05, 0.1) is 18.8 Å². The van der Waals surface area contributed by atoms with E-state index in [4.69, 9.17) is 4.74 Å². The van der Waals surface area contributed by atoms with Crippen molar-refractivity contribution >= 4 is 52.7 Å². The van der Waals surface area contributed by atoms with E-state index in [1.54, 1.807) is 0 Å². The fraction of sp³-hybridized carbons (Fsp3) is 0.364. The van der Waals surface area contributed by atoms with E-state index in [9.17, 15) is 9.59 Å². The van der Waals surface area contributed by atoms with Gasteiger partial charge < -0.3 is 19.9 Å². The second-order valence-corrected chi connectivity index (χ2v) is 8.83. The molecule has 1 aromatic carbocycles. The van der Waals surface area contributed by atoms with Gasteiger partial charge in [-0.25, -0.2) is 0 Å². The number of hydrogen-bond donors (Lipinski definition) is 2. The summed E-state index contributed by atoms with van der Waals surface area (Å²) in [6.07, 6.45) is 3.91. The molecule has 9 heteroatoms. The van der Waals surface area contributed by atoms with Crippen molar-refractivity contribution in [1.29, 1.82) is 0 Å². The predicted molar refractivity (Wildman–Crippen MR) is 125 cm³/mol. The summed E-state index contributed by atoms with van der Waals surface area (Å²) in [5.41, 5.74) is 5.49. The highest BCUT2D eigenvalue weighted by atomic mass is 35.5. The zero-order valence-electron chi connectivity index (χ0n) is 17.1. The third-order valence-electron chi connectivity index (χ3n) is 5.66. The maximum Gasteiger partial charge on any atom is 0.282 e. The maximum atomic E-state index is 12.6. The lowest BCUT2D eigenvalue weighted by molar-refractivity contribution is -0.110. The smallest absolute Gasteiger partial charge is 0.282 e. The van der Waals surface area contributed by atoms with E-state index < -0.39 is 0 Å². The number of halogens is 1. The molecule has 2 aromatic rings. The largest absolute Gasteiger partial charge is 0.379 e. The van der Waals surface area contributed by atoms with Crippen LogP contribution in [0.2, 0.25) is 0 Å². The van der Waals surface area contributed by atoms with Gasteiger partial charge in [0.15, 0.2) is 0 Å². The molecule has 164 valence electrons. The molecule has 0 radical (unpaired) electrons. The van der Waals surface area contributed by atoms with Gasteiger partial charge in [-0.2, -0.15) is 0 Å². The van der Waals surface area contributed by atoms with Crippen LogP contribution in [0.4, 0.5) is 10.5 Å². The molecule has 0 unspecified atom stereocenters. The number of hydrogen-bond acceptors (Lipinski definition) is 5. The first-order valence-corrected chi connectivity index (χ1v) is 11.2. The number of ether oxygens (including phenoxy) is 1. The Labute approximate surface area is 191 Å². The molecule has 1 aromatic heterocycles. The summed E-state index contributed by atoms with van der Waals surface area (Å²) in [5, 5.41) is 3.07. The van der Waals surface area contributed by atoms with Crippen LogP contribution in [-0.4, -0.2) is 64.5 Å². The van der Waals surface area contributed by atoms with Gasteiger partial charge in [0.25, 0.3) is 11.1 Å². The maximum absolute atomic E-state index is 12.6. The Bertz CT molecular complexity index is 1020. The monoisotopic (exact) mass is 460 g/mol. The Balaban J connectivity index is 0.00000231. The molecule has 2 N–H and O–H groups in total. The van der Waals surface area contributed by atoms with E-state index in [1.807, 2.05) is 35.4 Å². The van der Waals surface area contributed by atoms with Crippen molar-refractivity contribution in [2.24, 2.45) is 0 Å². The van der Waals surface area contributed by atoms with Crippen molar-refractivity contribution in [2.75, 3.05) is 43.9 Å². The molecule has 3 aliphatic rings. The molecule has 31 heavy (non-hydrogen) atoms. The molecule has 0 spiro atoms. The lowest BCUT2D eigenvalue weighted by Crippen LogP contribution is -2.35. The standard InChI is InChI=1S/C22H24N4O3S.ClH/c27-21-19(11-17-9-16(12-23-17)13-25-3-6-29-7-4-25)18-10-15(1-2-20(18)24-21)14-26-5-8-30-22(26)28;/h1-2,9-12,23H,3-8,13-14H2,(H,24,27);1H/b19-11-;. The number of anilines is 1. The van der Waals surface area contributed by atoms with Crippen LogP contribution in [0.3, 0.4) is 0 Å². The van der Waals surface area contributed by atoms with Crippen LogP contribution in [0.1, 0.15) is 22.4 Å². The average Bonchev–Trinajstić information content (AvgIpc) is 3.44. The van der Waals surface area contributed by atoms with E-state index in [1.165, 1.54) is 17.3 Å². The minimum atomic E-state index is -0.0979. The topological polar surface area (TPSA) is 77.7 Å². The third-order valence-corrected chi connectivity index (χ3v) is 6.55. The number of carbonyl (C=O) groups is 2. The van der Waals surface area contributed by atoms with Crippen LogP contribution in [0, 0.1) is 0 Å². The number of carbonyl (C=O) groups excluding carboxylic acids is 2. The molecule has 2 saturated heterocycles. The second-order valence-electron chi connectivity index (χ2n) is 7.78. The fourth-order valence-electron chi connectivity index (χ4n) is 4.07. The number of amides is 2. The summed E-state index contributed by atoms with van der Waals surface area (Å²) < 4.78 is 5.41. The van der Waals surface area contributed by atoms with E-state index >= 15 is 0 Å². The zero-order chi connectivity index (χ0) is 20.5. The van der Waals surface area contributed by atoms with Gasteiger partial charge >= 0.3 is 0 Å². The van der Waals surface area contributed by atoms with Crippen LogP contribution < -0.4 is 5.32 Å². The van der Waals surface area contributed by atoms with Crippen LogP contribution >= 0.6 is 24.2 Å². The van der Waals surface area contributed by atoms with Crippen molar-refractivity contribution < 1.29 is 14.3 Å². The van der Waals surface area contributed by atoms with E-state index in [0.717, 1.165) is 67.7 Å². The summed E-state index contributed by atoms with van der Waals surface area (Å²) in [5.74, 6) is 0.744. The van der Waals surface area contributed by atoms with Crippen molar-refractivity contribution in [3.05, 3.63) is 52.8 Å². The SMILES string of the molecule is Cl.O=C1Nc2ccc(CN3CCSC3=O)cc2/C1=C/c1cc(CN2CCOCC2)c[nH]1. The number of nitrogens with zero attached hydrogens (tertiary/aromatic N) is 2. The van der Waals surface area contributed by atoms with Gasteiger partial charge in [-0.3, -0.25) is 14.5 Å². The summed E-state index contributed by atoms with van der Waals surface area (Å²) in [7, 11) is 0. The lowest BCUT2D eigenvalue weighted by atomic mass is 10.0. The first-order chi connectivity index (χ1) is 14.7. The molecule has 0 saturated carbocycles. The van der Waals surface area contributed by atoms with Crippen molar-refractivity contribution in [2.45, 2.75) is 13.1 Å². The van der Waals surface area contributed by atoms with Crippen LogP contribution in [0.25, 0.3) is 11.6 Å². The van der Waals surface area contributed by atoms with Gasteiger partial charge in [0, 0.05) is 61.6 Å². The van der Waals surface area contributed by atoms with Gasteiger partial charge in [-0.15, -0.1) is 12.4 Å². The summed E-state index contributed by atoms with van der Waals surface area (Å²) >= 11 is 1.36. The minimum Gasteiger partial charge on any atom is -0.379 e. The molecule has 3 aliphatic heterocycles. The second kappa shape index (κ2) is 9.48. The van der Waals surface area contributed by atoms with Gasteiger partial charge in [0.2, 0.25) is 0 Å². The first-order valence-electron chi connectivity index (χ1n) is 10.2. The number of morpholine rings is 1. The summed E-state index contributed by atoms with van der Waals surface area (Å²) in [4.78, 5) is 32.0. The molecule has 5 rings (SSSR count). The number of nitrogens with one attached hydrogen (secondary N) is 2. The van der Waals surface area contributed by atoms with Crippen LogP contribution in [0.5, 0.6) is 0 Å². The molecule has 0 atom stereocenters. The Morgan fingerprint density at radius 3 is 2.68 bits per heavy atom. The van der Waals surface area contributed by atoms with Crippen LogP contribution in [-0.2, 0) is 22.6 Å². The molecular formula is C22H25ClN4O3S. The Morgan fingerprint density at radius 2 is 1.90 bits per heavy atom. The number of aromatic amines is 1. The molecule has 0 aliphatic carbocycles. The van der Waals surface area contributed by atoms with Gasteiger partial charge in [-0.05, 0) is 35.4 Å². The highest BCUT2D eigenvalue weighted by molar-refractivity contribution is 8.13. The first kappa shape index (κ1) is 22.0. The normalized spacial score (nSPS) is 20.1. The van der Waals surface area contributed by atoms with E-state index in [2.05, 4.69) is 21.3 Å². The molecule has 4 heterocycles. The highest BCUT2D eigenvalue weighted by Gasteiger charge is 2.26. The van der Waals surface area contributed by atoms with Gasteiger partial charge in [0.1, 0.15) is 0 Å². The number of rotatable bonds is 5. The molecular weight excluding hydrogens is 436 g/mol. The minimum absolute atomic E-state index is 0. The summed E-state index contributed by atoms with van der Waals surface area (Å²) in [6, 6.07) is 8.02. The van der Waals surface area contributed by atoms with E-state index in [-0.39, 0.29) is 23.6 Å². The summed E-state index contributed by atoms with van der Waals surface area (Å²) in [6.45, 7) is 5.67. The molecule has 0 bridgehead atoms. The van der Waals surface area contributed by atoms with Crippen LogP contribution in [0.15, 0.2) is 30.5 Å². The lowest BCUT2D eigenvalue weighted by Gasteiger charge is -2.25. The number of aromatic nitrogens is 1. The number of fused-ring (bicyclic) bond motifs is 1. The quantitative estimate of drug-likeness (QED) is 0.668. The van der Waals surface area contributed by atoms with Crippen molar-refractivity contribution in [3.63, 3.8) is 0 Å². The Hall–Kier alpha value is -2.26. The van der Waals surface area contributed by atoms with E-state index in [0.29, 0.717) is 12.1 Å². The highest BCUT2D eigenvalue weighted by Crippen LogP contribution is 2.34. The van der Waals surface area contributed by atoms with Gasteiger partial charge in [-0.1, -0.05) is 17.8 Å². The number of benzene rings is 1. The predicted octanol–water partition coefficient (Wildman–Crippen LogP) is 3.43. The van der Waals surface area contributed by atoms with Crippen molar-refractivity contribution in [1.82, 2.24) is 14.8 Å². The fourth-order valence-corrected chi connectivity index (χ4v) is 4.90. The third kappa shape index (κ3) is 4.82. The molecule has 2 fully saturated rings. The zero-order valence-corrected chi connectivity index (χ0v) is 18.7. The Kier molecular flexibility index (Phi) is 6.71.